The number of hydrogen-bond donors (Lipinski definition) is 1. The second-order valence-corrected chi connectivity index (χ2v) is 9.78. The molecule has 0 bridgehead atoms. The zero-order valence-electron chi connectivity index (χ0n) is 20.2. The van der Waals surface area contributed by atoms with E-state index in [-0.39, 0.29) is 5.91 Å². The molecule has 2 fully saturated rings. The van der Waals surface area contributed by atoms with Crippen molar-refractivity contribution in [3.8, 4) is 5.88 Å². The lowest BCUT2D eigenvalue weighted by Crippen LogP contribution is -2.46. The van der Waals surface area contributed by atoms with Gasteiger partial charge in [-0.2, -0.15) is 0 Å². The van der Waals surface area contributed by atoms with Crippen molar-refractivity contribution >= 4 is 16.9 Å². The van der Waals surface area contributed by atoms with Gasteiger partial charge in [-0.15, -0.1) is 5.10 Å². The van der Waals surface area contributed by atoms with E-state index in [1.54, 1.807) is 11.8 Å². The van der Waals surface area contributed by atoms with Crippen LogP contribution in [0.15, 0.2) is 0 Å². The van der Waals surface area contributed by atoms with Crippen LogP contribution >= 0.6 is 0 Å². The molecule has 1 aliphatic heterocycles. The molecular weight excluding hydrogens is 402 g/mol. The third-order valence-corrected chi connectivity index (χ3v) is 7.51. The monoisotopic (exact) mass is 441 g/mol. The first-order valence-corrected chi connectivity index (χ1v) is 12.3. The lowest BCUT2D eigenvalue weighted by atomic mass is 9.88. The highest BCUT2D eigenvalue weighted by Gasteiger charge is 2.24. The Morgan fingerprint density at radius 3 is 2.53 bits per heavy atom. The Morgan fingerprint density at radius 1 is 1.12 bits per heavy atom. The number of carbonyl (C=O) groups is 1. The largest absolute Gasteiger partial charge is 0.479 e. The van der Waals surface area contributed by atoms with Gasteiger partial charge in [0.2, 0.25) is 11.8 Å². The third kappa shape index (κ3) is 5.08. The zero-order chi connectivity index (χ0) is 22.7. The summed E-state index contributed by atoms with van der Waals surface area (Å²) in [5, 5.41) is 8.65. The van der Waals surface area contributed by atoms with Gasteiger partial charge in [-0.3, -0.25) is 4.79 Å². The molecule has 0 aromatic carbocycles. The minimum atomic E-state index is 0.146. The standard InChI is InChI=1S/C25H39N5O2/c1-17-21(18(2)26-24-23(17)25(32-4)28-29(24)3)10-11-22(31)27-20-12-14-30(15-13-20)16-19-8-6-5-7-9-19/h19-20H,5-16H2,1-4H3,(H,27,31). The number of pyridine rings is 1. The van der Waals surface area contributed by atoms with Crippen LogP contribution in [0.4, 0.5) is 0 Å². The summed E-state index contributed by atoms with van der Waals surface area (Å²) in [5.41, 5.74) is 4.03. The topological polar surface area (TPSA) is 72.3 Å². The normalized spacial score (nSPS) is 18.9. The van der Waals surface area contributed by atoms with E-state index in [2.05, 4.69) is 22.2 Å². The molecule has 32 heavy (non-hydrogen) atoms. The maximum atomic E-state index is 12.7. The highest BCUT2D eigenvalue weighted by Crippen LogP contribution is 2.30. The van der Waals surface area contributed by atoms with Crippen molar-refractivity contribution in [2.75, 3.05) is 26.7 Å². The first kappa shape index (κ1) is 23.0. The summed E-state index contributed by atoms with van der Waals surface area (Å²) in [6, 6.07) is 0.311. The van der Waals surface area contributed by atoms with Crippen molar-refractivity contribution in [3.63, 3.8) is 0 Å². The summed E-state index contributed by atoms with van der Waals surface area (Å²) < 4.78 is 7.21. The predicted molar refractivity (Wildman–Crippen MR) is 127 cm³/mol. The molecule has 1 aliphatic carbocycles. The number of rotatable bonds is 7. The fourth-order valence-electron chi connectivity index (χ4n) is 5.64. The molecule has 0 spiro atoms. The van der Waals surface area contributed by atoms with Crippen molar-refractivity contribution in [2.45, 2.75) is 77.7 Å². The van der Waals surface area contributed by atoms with Crippen LogP contribution in [0.3, 0.4) is 0 Å². The first-order valence-electron chi connectivity index (χ1n) is 12.3. The number of amides is 1. The number of piperidine rings is 1. The molecule has 0 atom stereocenters. The van der Waals surface area contributed by atoms with Crippen LogP contribution in [0.1, 0.15) is 68.2 Å². The number of likely N-dealkylation sites (tertiary alicyclic amines) is 1. The Kier molecular flexibility index (Phi) is 7.33. The summed E-state index contributed by atoms with van der Waals surface area (Å²) in [4.78, 5) is 20.1. The molecule has 0 radical (unpaired) electrons. The molecule has 176 valence electrons. The minimum absolute atomic E-state index is 0.146. The number of methoxy groups -OCH3 is 1. The van der Waals surface area contributed by atoms with Gasteiger partial charge in [-0.1, -0.05) is 19.3 Å². The van der Waals surface area contributed by atoms with Crippen molar-refractivity contribution in [1.29, 1.82) is 0 Å². The first-order chi connectivity index (χ1) is 15.5. The molecule has 1 saturated heterocycles. The molecule has 0 unspecified atom stereocenters. The third-order valence-electron chi connectivity index (χ3n) is 7.51. The molecule has 1 amide bonds. The van der Waals surface area contributed by atoms with E-state index < -0.39 is 0 Å². The van der Waals surface area contributed by atoms with Crippen LogP contribution in [0.2, 0.25) is 0 Å². The van der Waals surface area contributed by atoms with E-state index in [0.29, 0.717) is 24.8 Å². The Labute approximate surface area is 191 Å². The van der Waals surface area contributed by atoms with Gasteiger partial charge in [0.15, 0.2) is 5.65 Å². The Hall–Kier alpha value is -2.15. The number of hydrogen-bond acceptors (Lipinski definition) is 5. The van der Waals surface area contributed by atoms with Gasteiger partial charge in [-0.25, -0.2) is 9.67 Å². The second kappa shape index (κ2) is 10.2. The lowest BCUT2D eigenvalue weighted by Gasteiger charge is -2.35. The molecule has 1 saturated carbocycles. The molecule has 1 N–H and O–H groups in total. The van der Waals surface area contributed by atoms with E-state index in [1.807, 2.05) is 14.0 Å². The number of nitrogens with one attached hydrogen (secondary N) is 1. The number of fused-ring (bicyclic) bond motifs is 1. The summed E-state index contributed by atoms with van der Waals surface area (Å²) in [6.45, 7) is 7.58. The summed E-state index contributed by atoms with van der Waals surface area (Å²) in [6.07, 6.45) is 10.3. The van der Waals surface area contributed by atoms with Gasteiger partial charge >= 0.3 is 0 Å². The van der Waals surface area contributed by atoms with E-state index in [9.17, 15) is 4.79 Å². The van der Waals surface area contributed by atoms with Gasteiger partial charge in [0.1, 0.15) is 0 Å². The highest BCUT2D eigenvalue weighted by atomic mass is 16.5. The Bertz CT molecular complexity index is 940. The summed E-state index contributed by atoms with van der Waals surface area (Å²) in [7, 11) is 3.51. The number of nitrogens with zero attached hydrogens (tertiary/aromatic N) is 4. The molecule has 7 nitrogen and oxygen atoms in total. The zero-order valence-corrected chi connectivity index (χ0v) is 20.2. The van der Waals surface area contributed by atoms with Crippen LogP contribution in [-0.4, -0.2) is 58.4 Å². The lowest BCUT2D eigenvalue weighted by molar-refractivity contribution is -0.122. The minimum Gasteiger partial charge on any atom is -0.479 e. The molecule has 2 aromatic rings. The molecular formula is C25H39N5O2. The SMILES string of the molecule is COc1nn(C)c2nc(C)c(CCC(=O)NC3CCN(CC4CCCCC4)CC3)c(C)c12. The quantitative estimate of drug-likeness (QED) is 0.710. The highest BCUT2D eigenvalue weighted by molar-refractivity contribution is 5.86. The fourth-order valence-corrected chi connectivity index (χ4v) is 5.64. The molecule has 7 heteroatoms. The van der Waals surface area contributed by atoms with Crippen LogP contribution in [0.25, 0.3) is 11.0 Å². The van der Waals surface area contributed by atoms with E-state index in [1.165, 1.54) is 38.6 Å². The smallest absolute Gasteiger partial charge is 0.242 e. The summed E-state index contributed by atoms with van der Waals surface area (Å²) in [5.74, 6) is 1.64. The maximum absolute atomic E-state index is 12.7. The Morgan fingerprint density at radius 2 is 1.84 bits per heavy atom. The second-order valence-electron chi connectivity index (χ2n) is 9.78. The average molecular weight is 442 g/mol. The van der Waals surface area contributed by atoms with Crippen molar-refractivity contribution in [2.24, 2.45) is 13.0 Å². The predicted octanol–water partition coefficient (Wildman–Crippen LogP) is 3.69. The van der Waals surface area contributed by atoms with Gasteiger partial charge in [0, 0.05) is 44.8 Å². The number of aromatic nitrogens is 3. The maximum Gasteiger partial charge on any atom is 0.242 e. The van der Waals surface area contributed by atoms with E-state index in [4.69, 9.17) is 9.72 Å². The molecule has 4 rings (SSSR count). The average Bonchev–Trinajstić information content (AvgIpc) is 3.11. The van der Waals surface area contributed by atoms with Crippen molar-refractivity contribution in [3.05, 3.63) is 16.8 Å². The fraction of sp³-hybridized carbons (Fsp3) is 0.720. The van der Waals surface area contributed by atoms with Crippen molar-refractivity contribution < 1.29 is 9.53 Å². The van der Waals surface area contributed by atoms with E-state index >= 15 is 0 Å². The van der Waals surface area contributed by atoms with Crippen molar-refractivity contribution in [1.82, 2.24) is 25.0 Å². The molecule has 3 heterocycles. The number of ether oxygens (including phenoxy) is 1. The van der Waals surface area contributed by atoms with Gasteiger partial charge in [0.05, 0.1) is 12.5 Å². The Balaban J connectivity index is 1.28. The number of aryl methyl sites for hydroxylation is 3. The van der Waals surface area contributed by atoms with Gasteiger partial charge in [-0.05, 0) is 63.0 Å². The van der Waals surface area contributed by atoms with Gasteiger partial charge in [0.25, 0.3) is 0 Å². The molecule has 2 aliphatic rings. The van der Waals surface area contributed by atoms with Crippen LogP contribution in [0, 0.1) is 19.8 Å². The summed E-state index contributed by atoms with van der Waals surface area (Å²) >= 11 is 0. The van der Waals surface area contributed by atoms with Crippen LogP contribution in [-0.2, 0) is 18.3 Å². The molecule has 2 aromatic heterocycles. The van der Waals surface area contributed by atoms with Gasteiger partial charge < -0.3 is 15.0 Å². The van der Waals surface area contributed by atoms with Crippen LogP contribution in [0.5, 0.6) is 5.88 Å². The van der Waals surface area contributed by atoms with E-state index in [0.717, 1.165) is 59.7 Å². The van der Waals surface area contributed by atoms with Crippen LogP contribution < -0.4 is 10.1 Å². The number of carbonyl (C=O) groups excluding carboxylic acids is 1.